The van der Waals surface area contributed by atoms with Gasteiger partial charge in [0.2, 0.25) is 0 Å². The number of hydrogen-bond donors (Lipinski definition) is 2. The zero-order chi connectivity index (χ0) is 17.7. The van der Waals surface area contributed by atoms with Gasteiger partial charge >= 0.3 is 6.09 Å². The van der Waals surface area contributed by atoms with Crippen LogP contribution in [0.3, 0.4) is 0 Å². The monoisotopic (exact) mass is 332 g/mol. The number of nitrogens with zero attached hydrogens (tertiary/aromatic N) is 2. The van der Waals surface area contributed by atoms with E-state index >= 15 is 0 Å². The number of nitro benzene ring substituents is 1. The molecular formula is C16H20N4O4. The first-order valence-corrected chi connectivity index (χ1v) is 7.51. The van der Waals surface area contributed by atoms with Gasteiger partial charge in [-0.3, -0.25) is 15.1 Å². The molecule has 1 heterocycles. The van der Waals surface area contributed by atoms with Crippen LogP contribution in [0.25, 0.3) is 10.9 Å². The van der Waals surface area contributed by atoms with E-state index in [9.17, 15) is 14.9 Å². The number of nitrogens with one attached hydrogen (secondary N) is 2. The number of benzene rings is 1. The molecule has 128 valence electrons. The van der Waals surface area contributed by atoms with E-state index in [1.807, 2.05) is 0 Å². The number of aromatic nitrogens is 1. The van der Waals surface area contributed by atoms with E-state index in [2.05, 4.69) is 15.6 Å². The lowest BCUT2D eigenvalue weighted by atomic mass is 10.1. The Kier molecular flexibility index (Phi) is 5.18. The van der Waals surface area contributed by atoms with Crippen molar-refractivity contribution in [2.24, 2.45) is 0 Å². The Morgan fingerprint density at radius 3 is 2.71 bits per heavy atom. The molecule has 24 heavy (non-hydrogen) atoms. The van der Waals surface area contributed by atoms with Gasteiger partial charge in [0, 0.05) is 25.4 Å². The molecule has 2 aromatic rings. The van der Waals surface area contributed by atoms with Gasteiger partial charge in [-0.25, -0.2) is 4.79 Å². The fourth-order valence-electron chi connectivity index (χ4n) is 2.14. The summed E-state index contributed by atoms with van der Waals surface area (Å²) in [5, 5.41) is 17.3. The third kappa shape index (κ3) is 4.55. The molecule has 1 aromatic carbocycles. The van der Waals surface area contributed by atoms with E-state index in [1.165, 1.54) is 6.07 Å². The predicted octanol–water partition coefficient (Wildman–Crippen LogP) is 3.08. The van der Waals surface area contributed by atoms with Gasteiger partial charge in [0.25, 0.3) is 5.69 Å². The summed E-state index contributed by atoms with van der Waals surface area (Å²) in [6.45, 7) is 6.15. The zero-order valence-electron chi connectivity index (χ0n) is 13.8. The van der Waals surface area contributed by atoms with E-state index < -0.39 is 16.6 Å². The van der Waals surface area contributed by atoms with Gasteiger partial charge in [0.05, 0.1) is 16.0 Å². The number of hydrogen-bond acceptors (Lipinski definition) is 6. The summed E-state index contributed by atoms with van der Waals surface area (Å²) in [5.74, 6) is 0. The Hall–Kier alpha value is -2.90. The molecule has 1 aromatic heterocycles. The molecule has 0 atom stereocenters. The maximum absolute atomic E-state index is 11.6. The summed E-state index contributed by atoms with van der Waals surface area (Å²) < 4.78 is 5.14. The molecule has 0 aliphatic carbocycles. The molecule has 1 amide bonds. The number of rotatable bonds is 5. The van der Waals surface area contributed by atoms with Crippen molar-refractivity contribution in [1.29, 1.82) is 0 Å². The van der Waals surface area contributed by atoms with Crippen molar-refractivity contribution < 1.29 is 14.5 Å². The van der Waals surface area contributed by atoms with Crippen LogP contribution < -0.4 is 10.6 Å². The van der Waals surface area contributed by atoms with Crippen LogP contribution in [-0.4, -0.2) is 34.7 Å². The molecule has 0 unspecified atom stereocenters. The van der Waals surface area contributed by atoms with Gasteiger partial charge in [-0.1, -0.05) is 0 Å². The number of carbonyl (C=O) groups is 1. The molecule has 0 saturated carbocycles. The molecule has 0 saturated heterocycles. The topological polar surface area (TPSA) is 106 Å². The Morgan fingerprint density at radius 1 is 1.29 bits per heavy atom. The fourth-order valence-corrected chi connectivity index (χ4v) is 2.14. The van der Waals surface area contributed by atoms with Crippen LogP contribution in [0.2, 0.25) is 0 Å². The van der Waals surface area contributed by atoms with Crippen LogP contribution >= 0.6 is 0 Å². The lowest BCUT2D eigenvalue weighted by Gasteiger charge is -2.19. The molecule has 0 fully saturated rings. The number of nitro groups is 1. The average Bonchev–Trinajstić information content (AvgIpc) is 2.49. The van der Waals surface area contributed by atoms with Crippen molar-refractivity contribution in [2.45, 2.75) is 26.4 Å². The Bertz CT molecular complexity index is 755. The largest absolute Gasteiger partial charge is 0.444 e. The van der Waals surface area contributed by atoms with Gasteiger partial charge in [-0.05, 0) is 39.0 Å². The Balaban J connectivity index is 2.00. The number of carbonyl (C=O) groups excluding carboxylic acids is 1. The molecule has 0 bridgehead atoms. The predicted molar refractivity (Wildman–Crippen MR) is 91.1 cm³/mol. The summed E-state index contributed by atoms with van der Waals surface area (Å²) in [5.41, 5.74) is 0.650. The van der Waals surface area contributed by atoms with E-state index in [0.717, 1.165) is 0 Å². The van der Waals surface area contributed by atoms with Crippen molar-refractivity contribution in [1.82, 2.24) is 10.3 Å². The highest BCUT2D eigenvalue weighted by Gasteiger charge is 2.16. The van der Waals surface area contributed by atoms with Crippen molar-refractivity contribution in [2.75, 3.05) is 18.4 Å². The highest BCUT2D eigenvalue weighted by molar-refractivity contribution is 5.96. The minimum Gasteiger partial charge on any atom is -0.444 e. The van der Waals surface area contributed by atoms with E-state index in [1.54, 1.807) is 45.2 Å². The quantitative estimate of drug-likeness (QED) is 0.495. The summed E-state index contributed by atoms with van der Waals surface area (Å²) in [6, 6.07) is 6.36. The van der Waals surface area contributed by atoms with Crippen molar-refractivity contribution in [3.05, 3.63) is 40.6 Å². The van der Waals surface area contributed by atoms with Crippen LogP contribution in [0.1, 0.15) is 20.8 Å². The maximum atomic E-state index is 11.6. The number of ether oxygens (including phenoxy) is 1. The first kappa shape index (κ1) is 17.5. The molecule has 0 aliphatic rings. The van der Waals surface area contributed by atoms with E-state index in [-0.39, 0.29) is 5.69 Å². The summed E-state index contributed by atoms with van der Waals surface area (Å²) in [4.78, 5) is 26.4. The second kappa shape index (κ2) is 7.12. The molecule has 8 heteroatoms. The minimum absolute atomic E-state index is 0.00975. The first-order valence-electron chi connectivity index (χ1n) is 7.51. The number of non-ortho nitro benzene ring substituents is 1. The molecule has 2 rings (SSSR count). The highest BCUT2D eigenvalue weighted by Crippen LogP contribution is 2.29. The molecule has 0 radical (unpaired) electrons. The molecule has 0 spiro atoms. The second-order valence-corrected chi connectivity index (χ2v) is 6.14. The molecule has 0 aliphatic heterocycles. The summed E-state index contributed by atoms with van der Waals surface area (Å²) in [7, 11) is 0. The van der Waals surface area contributed by atoms with Gasteiger partial charge in [-0.2, -0.15) is 0 Å². The number of anilines is 1. The van der Waals surface area contributed by atoms with Gasteiger partial charge in [-0.15, -0.1) is 0 Å². The molecule has 2 N–H and O–H groups in total. The van der Waals surface area contributed by atoms with Crippen LogP contribution in [0.4, 0.5) is 16.2 Å². The normalized spacial score (nSPS) is 11.1. The smallest absolute Gasteiger partial charge is 0.407 e. The third-order valence-electron chi connectivity index (χ3n) is 3.05. The fraction of sp³-hybridized carbons (Fsp3) is 0.375. The van der Waals surface area contributed by atoms with E-state index in [4.69, 9.17) is 4.74 Å². The zero-order valence-corrected chi connectivity index (χ0v) is 13.8. The van der Waals surface area contributed by atoms with Gasteiger partial charge in [0.1, 0.15) is 11.1 Å². The van der Waals surface area contributed by atoms with Crippen LogP contribution in [-0.2, 0) is 4.74 Å². The van der Waals surface area contributed by atoms with Crippen molar-refractivity contribution in [3.8, 4) is 0 Å². The van der Waals surface area contributed by atoms with Crippen LogP contribution in [0.5, 0.6) is 0 Å². The minimum atomic E-state index is -0.546. The standard InChI is InChI=1S/C16H20N4O4/c1-16(2,3)24-15(21)19-10-9-17-12-6-7-13(20(22)23)11-5-4-8-18-14(11)12/h4-8,17H,9-10H2,1-3H3,(H,19,21). The Labute approximate surface area is 139 Å². The first-order chi connectivity index (χ1) is 11.3. The van der Waals surface area contributed by atoms with Crippen LogP contribution in [0, 0.1) is 10.1 Å². The van der Waals surface area contributed by atoms with Crippen molar-refractivity contribution >= 4 is 28.4 Å². The average molecular weight is 332 g/mol. The number of fused-ring (bicyclic) bond motifs is 1. The number of alkyl carbamates (subject to hydrolysis) is 1. The third-order valence-corrected chi connectivity index (χ3v) is 3.05. The summed E-state index contributed by atoms with van der Waals surface area (Å²) in [6.07, 6.45) is 1.09. The highest BCUT2D eigenvalue weighted by atomic mass is 16.6. The van der Waals surface area contributed by atoms with Crippen LogP contribution in [0.15, 0.2) is 30.5 Å². The second-order valence-electron chi connectivity index (χ2n) is 6.14. The van der Waals surface area contributed by atoms with Crippen molar-refractivity contribution in [3.63, 3.8) is 0 Å². The summed E-state index contributed by atoms with van der Waals surface area (Å²) >= 11 is 0. The molecule has 8 nitrogen and oxygen atoms in total. The maximum Gasteiger partial charge on any atom is 0.407 e. The molecular weight excluding hydrogens is 312 g/mol. The van der Waals surface area contributed by atoms with Gasteiger partial charge < -0.3 is 15.4 Å². The van der Waals surface area contributed by atoms with Gasteiger partial charge in [0.15, 0.2) is 0 Å². The Morgan fingerprint density at radius 2 is 2.04 bits per heavy atom. The SMILES string of the molecule is CC(C)(C)OC(=O)NCCNc1ccc([N+](=O)[O-])c2cccnc12. The van der Waals surface area contributed by atoms with E-state index in [0.29, 0.717) is 29.7 Å². The lowest BCUT2D eigenvalue weighted by molar-refractivity contribution is -0.383. The number of pyridine rings is 1. The number of amides is 1. The lowest BCUT2D eigenvalue weighted by Crippen LogP contribution is -2.35.